The van der Waals surface area contributed by atoms with Gasteiger partial charge in [0, 0.05) is 18.8 Å². The van der Waals surface area contributed by atoms with E-state index in [-0.39, 0.29) is 21.1 Å². The smallest absolute Gasteiger partial charge is 0.242 e. The quantitative estimate of drug-likeness (QED) is 0.817. The first-order valence-electron chi connectivity index (χ1n) is 5.28. The van der Waals surface area contributed by atoms with Gasteiger partial charge in [-0.2, -0.15) is 0 Å². The number of hydrogen-bond acceptors (Lipinski definition) is 4. The highest BCUT2D eigenvalue weighted by Gasteiger charge is 2.19. The van der Waals surface area contributed by atoms with E-state index in [2.05, 4.69) is 9.71 Å². The highest BCUT2D eigenvalue weighted by atomic mass is 35.5. The normalized spacial score (nSPS) is 13.6. The van der Waals surface area contributed by atoms with Gasteiger partial charge in [0.2, 0.25) is 10.0 Å². The van der Waals surface area contributed by atoms with Gasteiger partial charge in [0.25, 0.3) is 0 Å². The van der Waals surface area contributed by atoms with Crippen molar-refractivity contribution < 1.29 is 13.2 Å². The summed E-state index contributed by atoms with van der Waals surface area (Å²) in [6.07, 6.45) is 1.16. The van der Waals surface area contributed by atoms with Crippen molar-refractivity contribution in [2.75, 3.05) is 13.2 Å². The van der Waals surface area contributed by atoms with Crippen molar-refractivity contribution in [3.05, 3.63) is 22.4 Å². The Morgan fingerprint density at radius 1 is 1.50 bits per heavy atom. The molecule has 0 spiro atoms. The lowest BCUT2D eigenvalue weighted by molar-refractivity contribution is 0.133. The zero-order valence-corrected chi connectivity index (χ0v) is 12.3. The molecule has 0 amide bonds. The minimum absolute atomic E-state index is 0.0275. The first-order chi connectivity index (χ1) is 8.36. The summed E-state index contributed by atoms with van der Waals surface area (Å²) in [4.78, 5) is 3.67. The molecule has 1 atom stereocenters. The average molecular weight is 313 g/mol. The highest BCUT2D eigenvalue weighted by Crippen LogP contribution is 2.22. The second-order valence-electron chi connectivity index (χ2n) is 3.63. The molecule has 0 radical (unpaired) electrons. The van der Waals surface area contributed by atoms with Gasteiger partial charge in [-0.3, -0.25) is 0 Å². The minimum atomic E-state index is -3.66. The van der Waals surface area contributed by atoms with E-state index < -0.39 is 10.0 Å². The predicted molar refractivity (Wildman–Crippen MR) is 70.5 cm³/mol. The number of ether oxygens (including phenoxy) is 1. The van der Waals surface area contributed by atoms with Crippen LogP contribution in [0, 0.1) is 0 Å². The van der Waals surface area contributed by atoms with E-state index in [1.54, 1.807) is 6.92 Å². The number of rotatable bonds is 6. The maximum absolute atomic E-state index is 12.0. The molecule has 1 heterocycles. The fraction of sp³-hybridized carbons (Fsp3) is 0.500. The number of hydrogen-bond donors (Lipinski definition) is 1. The number of aromatic nitrogens is 1. The van der Waals surface area contributed by atoms with Crippen molar-refractivity contribution in [2.24, 2.45) is 0 Å². The first-order valence-corrected chi connectivity index (χ1v) is 7.52. The maximum atomic E-state index is 12.0. The predicted octanol–water partition coefficient (Wildman–Crippen LogP) is 2.09. The topological polar surface area (TPSA) is 68.3 Å². The Balaban J connectivity index is 2.83. The molecule has 1 aromatic rings. The van der Waals surface area contributed by atoms with Crippen LogP contribution < -0.4 is 4.72 Å². The largest absolute Gasteiger partial charge is 0.380 e. The number of halogens is 2. The molecule has 18 heavy (non-hydrogen) atoms. The molecule has 0 aromatic carbocycles. The van der Waals surface area contributed by atoms with Crippen LogP contribution in [0.15, 0.2) is 17.2 Å². The van der Waals surface area contributed by atoms with Gasteiger partial charge in [-0.15, -0.1) is 0 Å². The van der Waals surface area contributed by atoms with Crippen LogP contribution in [0.5, 0.6) is 0 Å². The molecule has 0 aliphatic heterocycles. The van der Waals surface area contributed by atoms with Crippen molar-refractivity contribution >= 4 is 33.2 Å². The molecule has 0 aliphatic carbocycles. The van der Waals surface area contributed by atoms with Gasteiger partial charge in [0.1, 0.15) is 10.0 Å². The summed E-state index contributed by atoms with van der Waals surface area (Å²) in [7, 11) is -3.66. The van der Waals surface area contributed by atoms with Crippen molar-refractivity contribution in [1.29, 1.82) is 0 Å². The average Bonchev–Trinajstić information content (AvgIpc) is 2.29. The van der Waals surface area contributed by atoms with E-state index in [0.29, 0.717) is 13.2 Å². The second-order valence-corrected chi connectivity index (χ2v) is 6.10. The molecule has 0 saturated heterocycles. The lowest BCUT2D eigenvalue weighted by Gasteiger charge is -2.14. The monoisotopic (exact) mass is 312 g/mol. The van der Waals surface area contributed by atoms with Gasteiger partial charge in [-0.25, -0.2) is 18.1 Å². The summed E-state index contributed by atoms with van der Waals surface area (Å²) >= 11 is 11.4. The molecule has 1 N–H and O–H groups in total. The lowest BCUT2D eigenvalue weighted by atomic mass is 10.4. The van der Waals surface area contributed by atoms with Crippen LogP contribution in [-0.2, 0) is 14.8 Å². The molecule has 1 aromatic heterocycles. The number of pyridine rings is 1. The Kier molecular flexibility index (Phi) is 5.81. The van der Waals surface area contributed by atoms with E-state index in [1.807, 2.05) is 6.92 Å². The molecule has 5 nitrogen and oxygen atoms in total. The van der Waals surface area contributed by atoms with Crippen molar-refractivity contribution in [3.8, 4) is 0 Å². The van der Waals surface area contributed by atoms with E-state index in [1.165, 1.54) is 6.07 Å². The highest BCUT2D eigenvalue weighted by molar-refractivity contribution is 7.89. The van der Waals surface area contributed by atoms with Gasteiger partial charge < -0.3 is 4.74 Å². The minimum Gasteiger partial charge on any atom is -0.380 e. The third-order valence-electron chi connectivity index (χ3n) is 2.01. The van der Waals surface area contributed by atoms with Crippen LogP contribution in [-0.4, -0.2) is 32.7 Å². The van der Waals surface area contributed by atoms with Crippen molar-refractivity contribution in [3.63, 3.8) is 0 Å². The van der Waals surface area contributed by atoms with Gasteiger partial charge in [-0.1, -0.05) is 23.2 Å². The summed E-state index contributed by atoms with van der Waals surface area (Å²) in [5, 5.41) is 0.162. The Morgan fingerprint density at radius 3 is 2.72 bits per heavy atom. The summed E-state index contributed by atoms with van der Waals surface area (Å²) in [5.74, 6) is 0. The van der Waals surface area contributed by atoms with Gasteiger partial charge in [-0.05, 0) is 19.9 Å². The fourth-order valence-electron chi connectivity index (χ4n) is 1.21. The molecule has 1 unspecified atom stereocenters. The fourth-order valence-corrected chi connectivity index (χ4v) is 2.74. The molecule has 0 saturated carbocycles. The number of nitrogens with one attached hydrogen (secondary N) is 1. The standard InChI is InChI=1S/C10H14Cl2N2O3S/c1-3-17-6-7(2)14-18(15,16)8-4-9(11)10(12)13-5-8/h4-5,7,14H,3,6H2,1-2H3. The second kappa shape index (κ2) is 6.68. The molecule has 102 valence electrons. The molecule has 0 bridgehead atoms. The summed E-state index contributed by atoms with van der Waals surface area (Å²) in [6, 6.07) is 0.913. The lowest BCUT2D eigenvalue weighted by Crippen LogP contribution is -2.35. The molecule has 0 aliphatic rings. The molecule has 1 rings (SSSR count). The molecular weight excluding hydrogens is 299 g/mol. The summed E-state index contributed by atoms with van der Waals surface area (Å²) in [5.41, 5.74) is 0. The maximum Gasteiger partial charge on any atom is 0.242 e. The van der Waals surface area contributed by atoms with E-state index in [0.717, 1.165) is 6.20 Å². The Hall–Kier alpha value is -0.400. The molecule has 8 heteroatoms. The zero-order valence-electron chi connectivity index (χ0n) is 9.98. The van der Waals surface area contributed by atoms with Gasteiger partial charge >= 0.3 is 0 Å². The Labute approximate surface area is 117 Å². The van der Waals surface area contributed by atoms with Crippen LogP contribution in [0.4, 0.5) is 0 Å². The van der Waals surface area contributed by atoms with Crippen LogP contribution in [0.1, 0.15) is 13.8 Å². The van der Waals surface area contributed by atoms with E-state index in [9.17, 15) is 8.42 Å². The first kappa shape index (κ1) is 15.7. The third kappa shape index (κ3) is 4.37. The van der Waals surface area contributed by atoms with E-state index in [4.69, 9.17) is 27.9 Å². The van der Waals surface area contributed by atoms with Crippen LogP contribution >= 0.6 is 23.2 Å². The molecule has 0 fully saturated rings. The van der Waals surface area contributed by atoms with Crippen molar-refractivity contribution in [2.45, 2.75) is 24.8 Å². The summed E-state index contributed by atoms with van der Waals surface area (Å²) < 4.78 is 31.5. The van der Waals surface area contributed by atoms with Gasteiger partial charge in [0.15, 0.2) is 0 Å². The van der Waals surface area contributed by atoms with Crippen LogP contribution in [0.25, 0.3) is 0 Å². The number of sulfonamides is 1. The zero-order chi connectivity index (χ0) is 13.8. The van der Waals surface area contributed by atoms with E-state index >= 15 is 0 Å². The Morgan fingerprint density at radius 2 is 2.17 bits per heavy atom. The number of nitrogens with zero attached hydrogens (tertiary/aromatic N) is 1. The van der Waals surface area contributed by atoms with Gasteiger partial charge in [0.05, 0.1) is 11.6 Å². The summed E-state index contributed by atoms with van der Waals surface area (Å²) in [6.45, 7) is 4.37. The van der Waals surface area contributed by atoms with Crippen molar-refractivity contribution in [1.82, 2.24) is 9.71 Å². The van der Waals surface area contributed by atoms with Crippen LogP contribution in [0.3, 0.4) is 0 Å². The SMILES string of the molecule is CCOCC(C)NS(=O)(=O)c1cnc(Cl)c(Cl)c1. The Bertz CT molecular complexity index is 508. The molecular formula is C10H14Cl2N2O3S. The van der Waals surface area contributed by atoms with Crippen LogP contribution in [0.2, 0.25) is 10.2 Å². The third-order valence-corrected chi connectivity index (χ3v) is 4.25.